The van der Waals surface area contributed by atoms with Crippen LogP contribution in [0.3, 0.4) is 0 Å². The van der Waals surface area contributed by atoms with Crippen LogP contribution >= 0.6 is 11.3 Å². The maximum Gasteiger partial charge on any atom is 0.273 e. The lowest BCUT2D eigenvalue weighted by molar-refractivity contribution is 0.198. The zero-order valence-corrected chi connectivity index (χ0v) is 16.3. The van der Waals surface area contributed by atoms with E-state index in [1.54, 1.807) is 11.3 Å². The monoisotopic (exact) mass is 372 g/mol. The number of rotatable bonds is 6. The average Bonchev–Trinajstić information content (AvgIpc) is 3.25. The number of aliphatic hydroxyl groups is 1. The Balaban J connectivity index is 1.55. The van der Waals surface area contributed by atoms with Crippen LogP contribution in [0.5, 0.6) is 5.19 Å². The van der Waals surface area contributed by atoms with E-state index in [0.717, 1.165) is 56.7 Å². The quantitative estimate of drug-likeness (QED) is 0.751. The summed E-state index contributed by atoms with van der Waals surface area (Å²) in [5, 5.41) is 10.3. The molecule has 0 aliphatic heterocycles. The minimum absolute atomic E-state index is 0.0828. The third-order valence-corrected chi connectivity index (χ3v) is 6.88. The Morgan fingerprint density at radius 2 is 2.27 bits per heavy atom. The Morgan fingerprint density at radius 3 is 3.04 bits per heavy atom. The van der Waals surface area contributed by atoms with Gasteiger partial charge in [0.05, 0.1) is 23.8 Å². The topological polar surface area (TPSA) is 68.4 Å². The van der Waals surface area contributed by atoms with Gasteiger partial charge in [-0.3, -0.25) is 0 Å². The van der Waals surface area contributed by atoms with E-state index < -0.39 is 5.54 Å². The van der Waals surface area contributed by atoms with Crippen molar-refractivity contribution in [3.8, 4) is 15.6 Å². The average molecular weight is 373 g/mol. The van der Waals surface area contributed by atoms with Crippen LogP contribution < -0.4 is 10.5 Å². The second-order valence-electron chi connectivity index (χ2n) is 7.83. The van der Waals surface area contributed by atoms with Crippen molar-refractivity contribution in [2.75, 3.05) is 13.2 Å². The second-order valence-corrected chi connectivity index (χ2v) is 8.80. The fraction of sp³-hybridized carbons (Fsp3) is 0.571. The number of nitrogens with two attached hydrogens (primary N) is 1. The summed E-state index contributed by atoms with van der Waals surface area (Å²) in [7, 11) is 0. The molecule has 26 heavy (non-hydrogen) atoms. The van der Waals surface area contributed by atoms with Gasteiger partial charge in [0.25, 0.3) is 5.19 Å². The predicted molar refractivity (Wildman–Crippen MR) is 106 cm³/mol. The number of fused-ring (bicyclic) bond motifs is 3. The highest BCUT2D eigenvalue weighted by molar-refractivity contribution is 7.17. The molecule has 1 fully saturated rings. The zero-order chi connectivity index (χ0) is 18.1. The molecule has 1 heterocycles. The Hall–Kier alpha value is -1.43. The first-order valence-electron chi connectivity index (χ1n) is 9.77. The van der Waals surface area contributed by atoms with Crippen LogP contribution in [0.25, 0.3) is 10.4 Å². The molecule has 2 aliphatic rings. The number of hydrogen-bond donors (Lipinski definition) is 2. The lowest BCUT2D eigenvalue weighted by Crippen LogP contribution is -2.40. The van der Waals surface area contributed by atoms with E-state index in [9.17, 15) is 5.11 Å². The van der Waals surface area contributed by atoms with Gasteiger partial charge in [0.2, 0.25) is 0 Å². The van der Waals surface area contributed by atoms with Gasteiger partial charge < -0.3 is 15.6 Å². The van der Waals surface area contributed by atoms with Crippen molar-refractivity contribution in [1.29, 1.82) is 0 Å². The number of ether oxygens (including phenoxy) is 1. The molecule has 2 aliphatic carbocycles. The van der Waals surface area contributed by atoms with Crippen LogP contribution in [0.4, 0.5) is 0 Å². The number of benzene rings is 1. The number of aryl methyl sites for hydroxylation is 2. The molecule has 1 saturated carbocycles. The second kappa shape index (κ2) is 7.29. The summed E-state index contributed by atoms with van der Waals surface area (Å²) in [5.74, 6) is 0.466. The molecule has 140 valence electrons. The molecule has 0 bridgehead atoms. The predicted octanol–water partition coefficient (Wildman–Crippen LogP) is 4.04. The summed E-state index contributed by atoms with van der Waals surface area (Å²) in [4.78, 5) is 5.98. The van der Waals surface area contributed by atoms with Crippen molar-refractivity contribution in [3.05, 3.63) is 35.0 Å². The van der Waals surface area contributed by atoms with E-state index in [1.807, 2.05) is 0 Å². The first kappa shape index (κ1) is 18.0. The van der Waals surface area contributed by atoms with E-state index >= 15 is 0 Å². The first-order valence-corrected chi connectivity index (χ1v) is 10.6. The lowest BCUT2D eigenvalue weighted by atomic mass is 9.87. The van der Waals surface area contributed by atoms with E-state index in [0.29, 0.717) is 5.92 Å². The summed E-state index contributed by atoms with van der Waals surface area (Å²) in [6.45, 7) is 3.01. The standard InChI is InChI=1S/C21H28N2O2S/c1-2-3-10-25-20-23-18-7-5-15-11-14(4-6-17(15)19(18)26-20)16-8-9-21(22,12-16)13-24/h4,6,11,16,24H,2-3,5,7-10,12-13,22H2,1H3/t16-,21+/m0/s1. The Bertz CT molecular complexity index is 788. The molecule has 4 rings (SSSR count). The number of aliphatic hydroxyl groups excluding tert-OH is 1. The number of nitrogens with zero attached hydrogens (tertiary/aromatic N) is 1. The molecule has 3 N–H and O–H groups in total. The van der Waals surface area contributed by atoms with Crippen LogP contribution in [0.15, 0.2) is 18.2 Å². The van der Waals surface area contributed by atoms with Crippen LogP contribution in [-0.2, 0) is 12.8 Å². The highest BCUT2D eigenvalue weighted by Gasteiger charge is 2.36. The smallest absolute Gasteiger partial charge is 0.273 e. The molecule has 0 radical (unpaired) electrons. The highest BCUT2D eigenvalue weighted by Crippen LogP contribution is 2.44. The minimum atomic E-state index is -0.393. The number of thiazole rings is 1. The van der Waals surface area contributed by atoms with Gasteiger partial charge in [0, 0.05) is 5.54 Å². The zero-order valence-electron chi connectivity index (χ0n) is 15.5. The fourth-order valence-electron chi connectivity index (χ4n) is 4.21. The summed E-state index contributed by atoms with van der Waals surface area (Å²) < 4.78 is 5.82. The summed E-state index contributed by atoms with van der Waals surface area (Å²) >= 11 is 1.68. The van der Waals surface area contributed by atoms with Crippen molar-refractivity contribution in [1.82, 2.24) is 4.98 Å². The maximum atomic E-state index is 9.53. The SMILES string of the molecule is CCCCOc1nc2c(s1)-c1ccc([C@H]3CC[C@](N)(CO)C3)cc1CC2. The van der Waals surface area contributed by atoms with Crippen LogP contribution in [0.2, 0.25) is 0 Å². The molecule has 0 unspecified atom stereocenters. The number of aromatic nitrogens is 1. The van der Waals surface area contributed by atoms with E-state index in [-0.39, 0.29) is 6.61 Å². The van der Waals surface area contributed by atoms with Gasteiger partial charge in [-0.25, -0.2) is 4.98 Å². The summed E-state index contributed by atoms with van der Waals surface area (Å²) in [6.07, 6.45) is 7.08. The van der Waals surface area contributed by atoms with Crippen molar-refractivity contribution in [3.63, 3.8) is 0 Å². The number of hydrogen-bond acceptors (Lipinski definition) is 5. The van der Waals surface area contributed by atoms with Gasteiger partial charge in [-0.05, 0) is 61.1 Å². The Labute approximate surface area is 159 Å². The van der Waals surface area contributed by atoms with Crippen molar-refractivity contribution < 1.29 is 9.84 Å². The molecule has 0 amide bonds. The van der Waals surface area contributed by atoms with Crippen LogP contribution in [-0.4, -0.2) is 28.8 Å². The maximum absolute atomic E-state index is 9.53. The van der Waals surface area contributed by atoms with Crippen LogP contribution in [0.1, 0.15) is 61.8 Å². The van der Waals surface area contributed by atoms with Crippen molar-refractivity contribution in [2.45, 2.75) is 63.3 Å². The van der Waals surface area contributed by atoms with Gasteiger partial charge in [-0.1, -0.05) is 42.9 Å². The third-order valence-electron chi connectivity index (χ3n) is 5.84. The first-order chi connectivity index (χ1) is 12.6. The molecule has 2 atom stereocenters. The summed E-state index contributed by atoms with van der Waals surface area (Å²) in [5.41, 5.74) is 11.2. The lowest BCUT2D eigenvalue weighted by Gasteiger charge is -2.22. The largest absolute Gasteiger partial charge is 0.470 e. The fourth-order valence-corrected chi connectivity index (χ4v) is 5.26. The minimum Gasteiger partial charge on any atom is -0.470 e. The molecule has 1 aromatic carbocycles. The molecular weight excluding hydrogens is 344 g/mol. The molecule has 4 nitrogen and oxygen atoms in total. The van der Waals surface area contributed by atoms with E-state index in [2.05, 4.69) is 25.1 Å². The van der Waals surface area contributed by atoms with Crippen molar-refractivity contribution >= 4 is 11.3 Å². The highest BCUT2D eigenvalue weighted by atomic mass is 32.1. The summed E-state index contributed by atoms with van der Waals surface area (Å²) in [6, 6.07) is 6.87. The van der Waals surface area contributed by atoms with E-state index in [1.165, 1.54) is 27.3 Å². The van der Waals surface area contributed by atoms with Crippen molar-refractivity contribution in [2.24, 2.45) is 5.73 Å². The van der Waals surface area contributed by atoms with Gasteiger partial charge in [0.15, 0.2) is 0 Å². The molecule has 0 saturated heterocycles. The van der Waals surface area contributed by atoms with Gasteiger partial charge >= 0.3 is 0 Å². The van der Waals surface area contributed by atoms with Crippen LogP contribution in [0, 0.1) is 0 Å². The van der Waals surface area contributed by atoms with Gasteiger partial charge in [-0.2, -0.15) is 0 Å². The van der Waals surface area contributed by atoms with Gasteiger partial charge in [0.1, 0.15) is 0 Å². The molecule has 2 aromatic rings. The molecule has 1 aromatic heterocycles. The molecule has 0 spiro atoms. The third kappa shape index (κ3) is 3.40. The normalized spacial score (nSPS) is 24.3. The molecule has 5 heteroatoms. The Kier molecular flexibility index (Phi) is 5.04. The van der Waals surface area contributed by atoms with E-state index in [4.69, 9.17) is 15.5 Å². The Morgan fingerprint density at radius 1 is 1.38 bits per heavy atom. The molecular formula is C21H28N2O2S. The van der Waals surface area contributed by atoms with Gasteiger partial charge in [-0.15, -0.1) is 0 Å². The number of unbranched alkanes of at least 4 members (excludes halogenated alkanes) is 1.